The summed E-state index contributed by atoms with van der Waals surface area (Å²) in [4.78, 5) is 13.9. The number of hydrogen-bond acceptors (Lipinski definition) is 5. The highest BCUT2D eigenvalue weighted by Gasteiger charge is 2.03. The summed E-state index contributed by atoms with van der Waals surface area (Å²) in [7, 11) is 1.59. The molecule has 0 aliphatic rings. The predicted octanol–water partition coefficient (Wildman–Crippen LogP) is 2.63. The Labute approximate surface area is 127 Å². The average molecular weight is 303 g/mol. The Bertz CT molecular complexity index is 637. The molecular weight excluding hydrogens is 286 g/mol. The number of hydrogen-bond donors (Lipinski definition) is 2. The minimum atomic E-state index is -0.217. The minimum absolute atomic E-state index is 0.126. The number of thiophene rings is 1. The van der Waals surface area contributed by atoms with Crippen LogP contribution in [0.4, 0.5) is 5.69 Å². The largest absolute Gasteiger partial charge is 0.495 e. The van der Waals surface area contributed by atoms with Gasteiger partial charge in [-0.1, -0.05) is 12.1 Å². The fourth-order valence-corrected chi connectivity index (χ4v) is 2.45. The van der Waals surface area contributed by atoms with Crippen molar-refractivity contribution in [1.29, 1.82) is 0 Å². The fourth-order valence-electron chi connectivity index (χ4n) is 1.70. The van der Waals surface area contributed by atoms with Crippen molar-refractivity contribution >= 4 is 29.1 Å². The topological polar surface area (TPSA) is 62.7 Å². The third kappa shape index (κ3) is 4.61. The lowest BCUT2D eigenvalue weighted by atomic mass is 10.3. The molecule has 0 aliphatic carbocycles. The molecule has 1 aromatic carbocycles. The van der Waals surface area contributed by atoms with Crippen molar-refractivity contribution in [2.75, 3.05) is 19.0 Å². The van der Waals surface area contributed by atoms with Gasteiger partial charge < -0.3 is 10.1 Å². The van der Waals surface area contributed by atoms with Crippen LogP contribution in [0.15, 0.2) is 41.5 Å². The molecule has 0 fully saturated rings. The number of carbonyl (C=O) groups excluding carboxylic acids is 1. The molecule has 0 radical (unpaired) electrons. The van der Waals surface area contributed by atoms with E-state index in [2.05, 4.69) is 15.8 Å². The van der Waals surface area contributed by atoms with Gasteiger partial charge in [-0.05, 0) is 31.2 Å². The Hall–Kier alpha value is -2.34. The third-order valence-electron chi connectivity index (χ3n) is 2.69. The molecule has 6 heteroatoms. The van der Waals surface area contributed by atoms with Gasteiger partial charge in [0.25, 0.3) is 5.91 Å². The van der Waals surface area contributed by atoms with E-state index >= 15 is 0 Å². The van der Waals surface area contributed by atoms with Crippen molar-refractivity contribution in [2.24, 2.45) is 5.10 Å². The lowest BCUT2D eigenvalue weighted by Crippen LogP contribution is -2.25. The van der Waals surface area contributed by atoms with Gasteiger partial charge in [0.05, 0.1) is 25.6 Å². The highest BCUT2D eigenvalue weighted by atomic mass is 32.1. The van der Waals surface area contributed by atoms with Crippen LogP contribution in [0.1, 0.15) is 9.75 Å². The average Bonchev–Trinajstić information content (AvgIpc) is 2.91. The molecule has 0 saturated heterocycles. The molecule has 110 valence electrons. The van der Waals surface area contributed by atoms with Crippen LogP contribution in [0, 0.1) is 6.92 Å². The molecule has 0 unspecified atom stereocenters. The van der Waals surface area contributed by atoms with Crippen molar-refractivity contribution in [3.8, 4) is 5.75 Å². The van der Waals surface area contributed by atoms with Gasteiger partial charge in [-0.15, -0.1) is 11.3 Å². The van der Waals surface area contributed by atoms with E-state index in [0.717, 1.165) is 10.6 Å². The predicted molar refractivity (Wildman–Crippen MR) is 86.3 cm³/mol. The summed E-state index contributed by atoms with van der Waals surface area (Å²) in [5, 5.41) is 6.93. The van der Waals surface area contributed by atoms with Gasteiger partial charge in [0.15, 0.2) is 0 Å². The van der Waals surface area contributed by atoms with Crippen LogP contribution >= 0.6 is 11.3 Å². The first kappa shape index (κ1) is 15.1. The number of rotatable bonds is 6. The number of nitrogens with one attached hydrogen (secondary N) is 2. The number of anilines is 1. The summed E-state index contributed by atoms with van der Waals surface area (Å²) in [5.41, 5.74) is 3.25. The second-order valence-corrected chi connectivity index (χ2v) is 5.61. The van der Waals surface area contributed by atoms with Crippen LogP contribution in [-0.2, 0) is 4.79 Å². The molecule has 0 saturated carbocycles. The molecule has 0 spiro atoms. The number of benzene rings is 1. The van der Waals surface area contributed by atoms with Crippen molar-refractivity contribution < 1.29 is 9.53 Å². The zero-order chi connectivity index (χ0) is 15.1. The summed E-state index contributed by atoms with van der Waals surface area (Å²) in [6.07, 6.45) is 1.64. The molecular formula is C15H17N3O2S. The van der Waals surface area contributed by atoms with Crippen molar-refractivity contribution in [2.45, 2.75) is 6.92 Å². The number of carbonyl (C=O) groups is 1. The van der Waals surface area contributed by atoms with Crippen molar-refractivity contribution in [3.63, 3.8) is 0 Å². The number of amides is 1. The SMILES string of the molecule is COc1ccccc1NCC(=O)NN=Cc1ccc(C)s1. The van der Waals surface area contributed by atoms with Crippen molar-refractivity contribution in [3.05, 3.63) is 46.2 Å². The molecule has 1 heterocycles. The van der Waals surface area contributed by atoms with Crippen LogP contribution in [0.3, 0.4) is 0 Å². The molecule has 0 bridgehead atoms. The van der Waals surface area contributed by atoms with Gasteiger partial charge >= 0.3 is 0 Å². The van der Waals surface area contributed by atoms with Crippen LogP contribution in [0.5, 0.6) is 5.75 Å². The van der Waals surface area contributed by atoms with E-state index in [0.29, 0.717) is 5.75 Å². The van der Waals surface area contributed by atoms with E-state index in [-0.39, 0.29) is 12.5 Å². The monoisotopic (exact) mass is 303 g/mol. The smallest absolute Gasteiger partial charge is 0.259 e. The Morgan fingerprint density at radius 1 is 1.33 bits per heavy atom. The highest BCUT2D eigenvalue weighted by molar-refractivity contribution is 7.13. The molecule has 0 aliphatic heterocycles. The van der Waals surface area contributed by atoms with Crippen LogP contribution in [0.25, 0.3) is 0 Å². The molecule has 5 nitrogen and oxygen atoms in total. The molecule has 21 heavy (non-hydrogen) atoms. The standard InChI is InChI=1S/C15H17N3O2S/c1-11-7-8-12(21-11)9-17-18-15(19)10-16-13-5-3-4-6-14(13)20-2/h3-9,16H,10H2,1-2H3,(H,18,19). The van der Waals surface area contributed by atoms with E-state index in [1.54, 1.807) is 24.7 Å². The van der Waals surface area contributed by atoms with E-state index in [1.165, 1.54) is 4.88 Å². The molecule has 1 aromatic heterocycles. The summed E-state index contributed by atoms with van der Waals surface area (Å²) < 4.78 is 5.20. The van der Waals surface area contributed by atoms with Gasteiger partial charge in [-0.25, -0.2) is 5.43 Å². The number of nitrogens with zero attached hydrogens (tertiary/aromatic N) is 1. The van der Waals surface area contributed by atoms with Crippen LogP contribution in [-0.4, -0.2) is 25.8 Å². The second-order valence-electron chi connectivity index (χ2n) is 4.30. The number of ether oxygens (including phenoxy) is 1. The summed E-state index contributed by atoms with van der Waals surface area (Å²) in [6.45, 7) is 2.15. The van der Waals surface area contributed by atoms with Gasteiger partial charge in [-0.2, -0.15) is 5.10 Å². The van der Waals surface area contributed by atoms with E-state index in [9.17, 15) is 4.79 Å². The van der Waals surface area contributed by atoms with E-state index in [1.807, 2.05) is 43.3 Å². The first-order chi connectivity index (χ1) is 10.2. The highest BCUT2D eigenvalue weighted by Crippen LogP contribution is 2.22. The molecule has 2 rings (SSSR count). The lowest BCUT2D eigenvalue weighted by molar-refractivity contribution is -0.119. The van der Waals surface area contributed by atoms with Gasteiger partial charge in [-0.3, -0.25) is 4.79 Å². The number of aryl methyl sites for hydroxylation is 1. The van der Waals surface area contributed by atoms with Gasteiger partial charge in [0.2, 0.25) is 0 Å². The number of methoxy groups -OCH3 is 1. The Morgan fingerprint density at radius 2 is 2.14 bits per heavy atom. The fraction of sp³-hybridized carbons (Fsp3) is 0.200. The Kier molecular flexibility index (Phi) is 5.34. The van der Waals surface area contributed by atoms with E-state index < -0.39 is 0 Å². The molecule has 2 N–H and O–H groups in total. The third-order valence-corrected chi connectivity index (χ3v) is 3.62. The number of hydrazone groups is 1. The quantitative estimate of drug-likeness (QED) is 0.637. The Morgan fingerprint density at radius 3 is 2.86 bits per heavy atom. The Balaban J connectivity index is 1.81. The molecule has 2 aromatic rings. The summed E-state index contributed by atoms with van der Waals surface area (Å²) in [6, 6.07) is 11.4. The van der Waals surface area contributed by atoms with E-state index in [4.69, 9.17) is 4.74 Å². The zero-order valence-corrected chi connectivity index (χ0v) is 12.7. The lowest BCUT2D eigenvalue weighted by Gasteiger charge is -2.09. The summed E-state index contributed by atoms with van der Waals surface area (Å²) in [5.74, 6) is 0.480. The first-order valence-corrected chi connectivity index (χ1v) is 7.26. The van der Waals surface area contributed by atoms with Crippen LogP contribution < -0.4 is 15.5 Å². The summed E-state index contributed by atoms with van der Waals surface area (Å²) >= 11 is 1.62. The maximum Gasteiger partial charge on any atom is 0.259 e. The maximum absolute atomic E-state index is 11.7. The number of para-hydroxylation sites is 2. The maximum atomic E-state index is 11.7. The molecule has 1 amide bonds. The molecule has 0 atom stereocenters. The van der Waals surface area contributed by atoms with Gasteiger partial charge in [0.1, 0.15) is 5.75 Å². The van der Waals surface area contributed by atoms with Crippen LogP contribution in [0.2, 0.25) is 0 Å². The minimum Gasteiger partial charge on any atom is -0.495 e. The second kappa shape index (κ2) is 7.44. The zero-order valence-electron chi connectivity index (χ0n) is 11.9. The first-order valence-electron chi connectivity index (χ1n) is 6.44. The van der Waals surface area contributed by atoms with Crippen molar-refractivity contribution in [1.82, 2.24) is 5.43 Å². The normalized spacial score (nSPS) is 10.6. The van der Waals surface area contributed by atoms with Gasteiger partial charge in [0, 0.05) is 9.75 Å².